The van der Waals surface area contributed by atoms with Crippen LogP contribution in [0.25, 0.3) is 0 Å². The lowest BCUT2D eigenvalue weighted by Crippen LogP contribution is -2.60. The topological polar surface area (TPSA) is 102 Å². The first-order valence-corrected chi connectivity index (χ1v) is 15.1. The Hall–Kier alpha value is -1.34. The quantitative estimate of drug-likeness (QED) is 0.430. The largest absolute Gasteiger partial charge is 0.482 e. The molecule has 3 saturated heterocycles. The highest BCUT2D eigenvalue weighted by Crippen LogP contribution is 2.34. The lowest BCUT2D eigenvalue weighted by molar-refractivity contribution is -0.138. The number of piperazine rings is 2. The summed E-state index contributed by atoms with van der Waals surface area (Å²) < 4.78 is 33.5. The number of halogens is 3. The van der Waals surface area contributed by atoms with E-state index in [0.29, 0.717) is 26.2 Å². The molecule has 14 heteroatoms. The van der Waals surface area contributed by atoms with Crippen LogP contribution < -0.4 is 10.1 Å². The lowest BCUT2D eigenvalue weighted by atomic mass is 10.1. The van der Waals surface area contributed by atoms with Crippen LogP contribution in [0.5, 0.6) is 5.75 Å². The monoisotopic (exact) mass is 595 g/mol. The molecule has 206 valence electrons. The van der Waals surface area contributed by atoms with Crippen molar-refractivity contribution in [1.82, 2.24) is 24.3 Å². The highest BCUT2D eigenvalue weighted by Gasteiger charge is 2.37. The van der Waals surface area contributed by atoms with E-state index in [-0.39, 0.29) is 77.2 Å². The van der Waals surface area contributed by atoms with Crippen molar-refractivity contribution in [3.63, 3.8) is 0 Å². The van der Waals surface area contributed by atoms with E-state index >= 15 is 0 Å². The van der Waals surface area contributed by atoms with Crippen molar-refractivity contribution in [2.24, 2.45) is 0 Å². The normalized spacial score (nSPS) is 22.3. The maximum Gasteiger partial charge on any atom is 0.260 e. The molecule has 4 rings (SSSR count). The Bertz CT molecular complexity index is 1100. The number of amides is 2. The average Bonchev–Trinajstić information content (AvgIpc) is 3.37. The molecular weight excluding hydrogens is 565 g/mol. The fourth-order valence-corrected chi connectivity index (χ4v) is 7.02. The van der Waals surface area contributed by atoms with Gasteiger partial charge in [-0.15, -0.1) is 0 Å². The van der Waals surface area contributed by atoms with Gasteiger partial charge in [-0.25, -0.2) is 8.42 Å². The van der Waals surface area contributed by atoms with Crippen molar-refractivity contribution in [2.75, 3.05) is 77.8 Å². The molecule has 37 heavy (non-hydrogen) atoms. The summed E-state index contributed by atoms with van der Waals surface area (Å²) in [5, 5.41) is 3.55. The third kappa shape index (κ3) is 7.62. The molecule has 1 aromatic rings. The lowest BCUT2D eigenvalue weighted by Gasteiger charge is -2.42. The Kier molecular flexibility index (Phi) is 9.82. The molecule has 3 aliphatic heterocycles. The first-order valence-electron chi connectivity index (χ1n) is 12.4. The molecule has 2 amide bonds. The van der Waals surface area contributed by atoms with Crippen molar-refractivity contribution in [3.8, 4) is 5.75 Å². The summed E-state index contributed by atoms with van der Waals surface area (Å²) in [4.78, 5) is 30.7. The van der Waals surface area contributed by atoms with Gasteiger partial charge in [0.2, 0.25) is 15.9 Å². The molecular formula is C23H32Cl3N5O5S. The summed E-state index contributed by atoms with van der Waals surface area (Å²) in [5.41, 5.74) is 0. The van der Waals surface area contributed by atoms with Crippen molar-refractivity contribution in [1.29, 1.82) is 0 Å². The fourth-order valence-electron chi connectivity index (χ4n) is 4.92. The van der Waals surface area contributed by atoms with E-state index in [1.807, 2.05) is 4.90 Å². The zero-order chi connectivity index (χ0) is 26.6. The molecule has 0 spiro atoms. The van der Waals surface area contributed by atoms with Crippen LogP contribution >= 0.6 is 34.8 Å². The van der Waals surface area contributed by atoms with Crippen LogP contribution in [0.2, 0.25) is 15.1 Å². The van der Waals surface area contributed by atoms with Gasteiger partial charge in [-0.2, -0.15) is 4.31 Å². The van der Waals surface area contributed by atoms with Gasteiger partial charge in [-0.1, -0.05) is 34.8 Å². The van der Waals surface area contributed by atoms with Crippen LogP contribution in [0, 0.1) is 0 Å². The van der Waals surface area contributed by atoms with Crippen LogP contribution in [0.15, 0.2) is 12.1 Å². The highest BCUT2D eigenvalue weighted by atomic mass is 35.5. The molecule has 0 aromatic heterocycles. The zero-order valence-electron chi connectivity index (χ0n) is 20.5. The maximum absolute atomic E-state index is 13.2. The Balaban J connectivity index is 1.39. The number of carbonyl (C=O) groups is 2. The van der Waals surface area contributed by atoms with Gasteiger partial charge in [0.05, 0.1) is 33.4 Å². The van der Waals surface area contributed by atoms with E-state index in [1.165, 1.54) is 16.4 Å². The first-order chi connectivity index (χ1) is 17.6. The second-order valence-electron chi connectivity index (χ2n) is 9.53. The number of carbonyl (C=O) groups excluding carboxylic acids is 2. The van der Waals surface area contributed by atoms with Gasteiger partial charge in [0.25, 0.3) is 5.91 Å². The number of hydrogen-bond acceptors (Lipinski definition) is 7. The van der Waals surface area contributed by atoms with Gasteiger partial charge in [-0.05, 0) is 32.0 Å². The van der Waals surface area contributed by atoms with Crippen molar-refractivity contribution in [2.45, 2.75) is 18.9 Å². The number of hydrogen-bond donors (Lipinski definition) is 1. The van der Waals surface area contributed by atoms with Gasteiger partial charge in [-0.3, -0.25) is 14.5 Å². The van der Waals surface area contributed by atoms with Crippen LogP contribution in [0.1, 0.15) is 12.8 Å². The maximum atomic E-state index is 13.2. The zero-order valence-corrected chi connectivity index (χ0v) is 23.6. The number of sulfonamides is 1. The molecule has 0 radical (unpaired) electrons. The molecule has 1 N–H and O–H groups in total. The summed E-state index contributed by atoms with van der Waals surface area (Å²) in [6, 6.07) is 2.63. The summed E-state index contributed by atoms with van der Waals surface area (Å²) in [5.74, 6) is -0.148. The van der Waals surface area contributed by atoms with Gasteiger partial charge < -0.3 is 19.9 Å². The number of rotatable bonds is 9. The van der Waals surface area contributed by atoms with Crippen molar-refractivity contribution < 1.29 is 22.7 Å². The van der Waals surface area contributed by atoms with Crippen molar-refractivity contribution in [3.05, 3.63) is 27.2 Å². The van der Waals surface area contributed by atoms with E-state index in [9.17, 15) is 18.0 Å². The van der Waals surface area contributed by atoms with Crippen LogP contribution in [0.3, 0.4) is 0 Å². The number of ether oxygens (including phenoxy) is 1. The molecule has 0 unspecified atom stereocenters. The molecule has 10 nitrogen and oxygen atoms in total. The summed E-state index contributed by atoms with van der Waals surface area (Å²) >= 11 is 18.2. The highest BCUT2D eigenvalue weighted by molar-refractivity contribution is 7.89. The van der Waals surface area contributed by atoms with E-state index in [0.717, 1.165) is 25.9 Å². The van der Waals surface area contributed by atoms with E-state index in [4.69, 9.17) is 39.5 Å². The molecule has 3 aliphatic rings. The molecule has 0 aliphatic carbocycles. The second-order valence-corrected chi connectivity index (χ2v) is 12.8. The predicted octanol–water partition coefficient (Wildman–Crippen LogP) is 1.40. The number of nitrogens with one attached hydrogen (secondary N) is 1. The van der Waals surface area contributed by atoms with Gasteiger partial charge >= 0.3 is 0 Å². The van der Waals surface area contributed by atoms with Gasteiger partial charge in [0.1, 0.15) is 5.75 Å². The molecule has 0 bridgehead atoms. The molecule has 3 fully saturated rings. The van der Waals surface area contributed by atoms with Crippen LogP contribution in [-0.2, 0) is 19.6 Å². The minimum absolute atomic E-state index is 0.0659. The van der Waals surface area contributed by atoms with E-state index in [2.05, 4.69) is 10.2 Å². The van der Waals surface area contributed by atoms with Gasteiger partial charge in [0, 0.05) is 51.9 Å². The average molecular weight is 597 g/mol. The molecule has 1 atom stereocenters. The Morgan fingerprint density at radius 3 is 2.46 bits per heavy atom. The van der Waals surface area contributed by atoms with Crippen LogP contribution in [0.4, 0.5) is 0 Å². The number of likely N-dealkylation sites (tertiary alicyclic amines) is 1. The minimum atomic E-state index is -3.56. The second kappa shape index (κ2) is 12.7. The Morgan fingerprint density at radius 2 is 1.73 bits per heavy atom. The standard InChI is InChI=1S/C23H32Cl3N5O5S/c24-18-11-20(26)21(12-19(18)25)36-16-23(33)31-8-7-30(14-17(31)13-28-4-1-2-5-28)37(34,35)10-9-29-6-3-27-22(32)15-29/h11-12,17H,1-10,13-16H2,(H,27,32)/t17-/m0/s1. The third-order valence-corrected chi connectivity index (χ3v) is 9.77. The molecule has 0 saturated carbocycles. The summed E-state index contributed by atoms with van der Waals surface area (Å²) in [7, 11) is -3.56. The molecule has 3 heterocycles. The first kappa shape index (κ1) is 28.7. The third-order valence-electron chi connectivity index (χ3n) is 6.94. The minimum Gasteiger partial charge on any atom is -0.482 e. The predicted molar refractivity (Wildman–Crippen MR) is 143 cm³/mol. The Morgan fingerprint density at radius 1 is 1.00 bits per heavy atom. The molecule has 1 aromatic carbocycles. The summed E-state index contributed by atoms with van der Waals surface area (Å²) in [6.07, 6.45) is 2.18. The van der Waals surface area contributed by atoms with Gasteiger partial charge in [0.15, 0.2) is 6.61 Å². The smallest absolute Gasteiger partial charge is 0.260 e. The number of benzene rings is 1. The van der Waals surface area contributed by atoms with E-state index < -0.39 is 10.0 Å². The summed E-state index contributed by atoms with van der Waals surface area (Å²) in [6.45, 7) is 4.54. The SMILES string of the molecule is O=C1CN(CCS(=O)(=O)N2CCN(C(=O)COc3cc(Cl)c(Cl)cc3Cl)[C@@H](CN3CCCC3)C2)CCN1. The van der Waals surface area contributed by atoms with E-state index in [1.54, 1.807) is 4.90 Å². The number of nitrogens with zero attached hydrogens (tertiary/aromatic N) is 4. The fraction of sp³-hybridized carbons (Fsp3) is 0.652. The van der Waals surface area contributed by atoms with Crippen molar-refractivity contribution >= 4 is 56.6 Å². The van der Waals surface area contributed by atoms with Crippen LogP contribution in [-0.4, -0.2) is 123 Å². The Labute approximate surface area is 232 Å².